The molecule has 1 atom stereocenters. The topological polar surface area (TPSA) is 72.3 Å². The molecule has 0 bridgehead atoms. The molecule has 3 heterocycles. The maximum atomic E-state index is 12.9. The van der Waals surface area contributed by atoms with Crippen LogP contribution in [0, 0.1) is 0 Å². The molecule has 7 heteroatoms. The van der Waals surface area contributed by atoms with Crippen molar-refractivity contribution in [3.05, 3.63) is 48.3 Å². The molecule has 3 aromatic rings. The zero-order valence-corrected chi connectivity index (χ0v) is 16.4. The molecule has 0 unspecified atom stereocenters. The summed E-state index contributed by atoms with van der Waals surface area (Å²) in [4.78, 5) is 19.3. The van der Waals surface area contributed by atoms with Crippen molar-refractivity contribution in [2.45, 2.75) is 38.8 Å². The van der Waals surface area contributed by atoms with Crippen molar-refractivity contribution in [1.82, 2.24) is 19.7 Å². The number of methoxy groups -OCH3 is 1. The summed E-state index contributed by atoms with van der Waals surface area (Å²) >= 11 is 0. The molecule has 2 amide bonds. The van der Waals surface area contributed by atoms with Crippen LogP contribution in [-0.4, -0.2) is 39.4 Å². The molecular weight excluding hydrogens is 354 g/mol. The van der Waals surface area contributed by atoms with Crippen LogP contribution in [-0.2, 0) is 0 Å². The van der Waals surface area contributed by atoms with Gasteiger partial charge in [-0.1, -0.05) is 12.1 Å². The summed E-state index contributed by atoms with van der Waals surface area (Å²) in [5, 5.41) is 8.29. The summed E-state index contributed by atoms with van der Waals surface area (Å²) in [5.74, 6) is 0.807. The summed E-state index contributed by atoms with van der Waals surface area (Å²) < 4.78 is 7.21. The normalized spacial score (nSPS) is 16.7. The largest absolute Gasteiger partial charge is 0.497 e. The molecule has 2 aromatic heterocycles. The summed E-state index contributed by atoms with van der Waals surface area (Å²) in [6.45, 7) is 4.86. The van der Waals surface area contributed by atoms with Gasteiger partial charge in [-0.25, -0.2) is 14.5 Å². The van der Waals surface area contributed by atoms with Crippen molar-refractivity contribution in [3.8, 4) is 5.75 Å². The van der Waals surface area contributed by atoms with Gasteiger partial charge < -0.3 is 15.0 Å². The van der Waals surface area contributed by atoms with Crippen LogP contribution in [0.25, 0.3) is 11.0 Å². The van der Waals surface area contributed by atoms with Crippen molar-refractivity contribution in [1.29, 1.82) is 0 Å². The van der Waals surface area contributed by atoms with Gasteiger partial charge in [-0.2, -0.15) is 5.10 Å². The van der Waals surface area contributed by atoms with Crippen molar-refractivity contribution in [3.63, 3.8) is 0 Å². The number of aromatic nitrogens is 3. The van der Waals surface area contributed by atoms with Crippen molar-refractivity contribution in [2.75, 3.05) is 19.0 Å². The second-order valence-corrected chi connectivity index (χ2v) is 7.38. The maximum Gasteiger partial charge on any atom is 0.322 e. The van der Waals surface area contributed by atoms with Gasteiger partial charge >= 0.3 is 6.03 Å². The Morgan fingerprint density at radius 2 is 2.14 bits per heavy atom. The number of ether oxygens (including phenoxy) is 1. The second kappa shape index (κ2) is 7.50. The minimum Gasteiger partial charge on any atom is -0.497 e. The lowest BCUT2D eigenvalue weighted by molar-refractivity contribution is 0.207. The minimum absolute atomic E-state index is 0.0514. The van der Waals surface area contributed by atoms with Crippen LogP contribution in [0.2, 0.25) is 0 Å². The Morgan fingerprint density at radius 3 is 2.93 bits per heavy atom. The van der Waals surface area contributed by atoms with E-state index < -0.39 is 0 Å². The van der Waals surface area contributed by atoms with Gasteiger partial charge in [0, 0.05) is 18.0 Å². The van der Waals surface area contributed by atoms with Crippen LogP contribution in [0.1, 0.15) is 44.3 Å². The Balaban J connectivity index is 1.53. The lowest BCUT2D eigenvalue weighted by Crippen LogP contribution is -2.34. The average Bonchev–Trinajstić information content (AvgIpc) is 3.35. The molecule has 28 heavy (non-hydrogen) atoms. The first kappa shape index (κ1) is 18.3. The Hall–Kier alpha value is -3.09. The molecule has 1 fully saturated rings. The molecule has 7 nitrogen and oxygen atoms in total. The summed E-state index contributed by atoms with van der Waals surface area (Å²) in [6, 6.07) is 10.0. The zero-order chi connectivity index (χ0) is 19.7. The fraction of sp³-hybridized carbons (Fsp3) is 0.381. The predicted octanol–water partition coefficient (Wildman–Crippen LogP) is 4.39. The van der Waals surface area contributed by atoms with Crippen molar-refractivity contribution >= 4 is 22.8 Å². The van der Waals surface area contributed by atoms with Gasteiger partial charge in [0.1, 0.15) is 5.75 Å². The highest BCUT2D eigenvalue weighted by molar-refractivity contribution is 5.92. The molecule has 1 aliphatic rings. The predicted molar refractivity (Wildman–Crippen MR) is 109 cm³/mol. The van der Waals surface area contributed by atoms with Gasteiger partial charge in [-0.15, -0.1) is 0 Å². The van der Waals surface area contributed by atoms with Gasteiger partial charge in [0.05, 0.1) is 31.2 Å². The van der Waals surface area contributed by atoms with E-state index in [9.17, 15) is 4.79 Å². The number of hydrogen-bond donors (Lipinski definition) is 1. The molecule has 4 rings (SSSR count). The molecule has 1 aromatic carbocycles. The first-order valence-electron chi connectivity index (χ1n) is 9.61. The highest BCUT2D eigenvalue weighted by Crippen LogP contribution is 2.34. The minimum atomic E-state index is -0.109. The molecule has 0 aliphatic carbocycles. The van der Waals surface area contributed by atoms with E-state index in [1.807, 2.05) is 39.9 Å². The number of anilines is 1. The number of urea groups is 1. The molecule has 1 aliphatic heterocycles. The van der Waals surface area contributed by atoms with Crippen molar-refractivity contribution < 1.29 is 9.53 Å². The monoisotopic (exact) mass is 379 g/mol. The molecular formula is C21H25N5O2. The number of amides is 2. The smallest absolute Gasteiger partial charge is 0.322 e. The van der Waals surface area contributed by atoms with Gasteiger partial charge in [-0.3, -0.25) is 0 Å². The third kappa shape index (κ3) is 3.40. The second-order valence-electron chi connectivity index (χ2n) is 7.38. The standard InChI is InChI=1S/C21H25N5O2/c1-14(2)26-20-16(12-23-26)10-17(13-22-20)24-21(27)25-9-5-8-19(25)15-6-4-7-18(11-15)28-3/h4,6-7,10-14,19H,5,8-9H2,1-3H3,(H,24,27)/t19-/m1/s1. The molecule has 146 valence electrons. The van der Waals surface area contributed by atoms with Crippen molar-refractivity contribution in [2.24, 2.45) is 0 Å². The molecule has 0 spiro atoms. The quantitative estimate of drug-likeness (QED) is 0.730. The Kier molecular flexibility index (Phi) is 4.90. The van der Waals surface area contributed by atoms with Crippen LogP contribution < -0.4 is 10.1 Å². The number of likely N-dealkylation sites (tertiary alicyclic amines) is 1. The van der Waals surface area contributed by atoms with Crippen LogP contribution in [0.3, 0.4) is 0 Å². The van der Waals surface area contributed by atoms with Crippen LogP contribution in [0.5, 0.6) is 5.75 Å². The molecule has 0 radical (unpaired) electrons. The van der Waals surface area contributed by atoms with E-state index >= 15 is 0 Å². The number of nitrogens with one attached hydrogen (secondary N) is 1. The van der Waals surface area contributed by atoms with E-state index in [4.69, 9.17) is 4.74 Å². The SMILES string of the molecule is COc1cccc([C@H]2CCCN2C(=O)Nc2cnc3c(cnn3C(C)C)c2)c1. The number of hydrogen-bond acceptors (Lipinski definition) is 4. The Bertz CT molecular complexity index is 997. The fourth-order valence-corrected chi connectivity index (χ4v) is 3.79. The average molecular weight is 379 g/mol. The number of nitrogens with zero attached hydrogens (tertiary/aromatic N) is 4. The van der Waals surface area contributed by atoms with Crippen LogP contribution >= 0.6 is 0 Å². The number of fused-ring (bicyclic) bond motifs is 1. The summed E-state index contributed by atoms with van der Waals surface area (Å²) in [6.07, 6.45) is 5.40. The molecule has 1 N–H and O–H groups in total. The number of carbonyl (C=O) groups excluding carboxylic acids is 1. The van der Waals surface area contributed by atoms with E-state index in [0.29, 0.717) is 5.69 Å². The van der Waals surface area contributed by atoms with E-state index in [1.165, 1.54) is 0 Å². The first-order chi connectivity index (χ1) is 13.6. The number of pyridine rings is 1. The lowest BCUT2D eigenvalue weighted by atomic mass is 10.0. The van der Waals surface area contributed by atoms with Crippen LogP contribution in [0.4, 0.5) is 10.5 Å². The summed E-state index contributed by atoms with van der Waals surface area (Å²) in [5.41, 5.74) is 2.60. The Labute approximate surface area is 164 Å². The maximum absolute atomic E-state index is 12.9. The van der Waals surface area contributed by atoms with E-state index in [2.05, 4.69) is 29.2 Å². The van der Waals surface area contributed by atoms with Gasteiger partial charge in [0.2, 0.25) is 0 Å². The molecule has 0 saturated carbocycles. The first-order valence-corrected chi connectivity index (χ1v) is 9.61. The number of benzene rings is 1. The third-order valence-corrected chi connectivity index (χ3v) is 5.17. The van der Waals surface area contributed by atoms with E-state index in [1.54, 1.807) is 19.5 Å². The Morgan fingerprint density at radius 1 is 1.29 bits per heavy atom. The van der Waals surface area contributed by atoms with Crippen LogP contribution in [0.15, 0.2) is 42.7 Å². The van der Waals surface area contributed by atoms with Gasteiger partial charge in [-0.05, 0) is 50.5 Å². The number of rotatable bonds is 4. The number of carbonyl (C=O) groups is 1. The third-order valence-electron chi connectivity index (χ3n) is 5.17. The highest BCUT2D eigenvalue weighted by Gasteiger charge is 2.30. The zero-order valence-electron chi connectivity index (χ0n) is 16.4. The lowest BCUT2D eigenvalue weighted by Gasteiger charge is -2.25. The fourth-order valence-electron chi connectivity index (χ4n) is 3.79. The molecule has 1 saturated heterocycles. The van der Waals surface area contributed by atoms with Gasteiger partial charge in [0.25, 0.3) is 0 Å². The van der Waals surface area contributed by atoms with E-state index in [-0.39, 0.29) is 18.1 Å². The highest BCUT2D eigenvalue weighted by atomic mass is 16.5. The van der Waals surface area contributed by atoms with Gasteiger partial charge in [0.15, 0.2) is 5.65 Å². The van der Waals surface area contributed by atoms with E-state index in [0.717, 1.165) is 41.7 Å². The summed E-state index contributed by atoms with van der Waals surface area (Å²) in [7, 11) is 1.66.